The summed E-state index contributed by atoms with van der Waals surface area (Å²) in [5.74, 6) is -0.351. The molecule has 0 radical (unpaired) electrons. The molecule has 0 bridgehead atoms. The average molecular weight is 342 g/mol. The van der Waals surface area contributed by atoms with Crippen LogP contribution in [0.4, 0.5) is 0 Å². The third-order valence-corrected chi connectivity index (χ3v) is 4.71. The van der Waals surface area contributed by atoms with Crippen molar-refractivity contribution in [3.8, 4) is 0 Å². The lowest BCUT2D eigenvalue weighted by molar-refractivity contribution is -0.128. The first kappa shape index (κ1) is 18.1. The molecule has 2 amide bonds. The van der Waals surface area contributed by atoms with Crippen molar-refractivity contribution in [1.82, 2.24) is 10.6 Å². The highest BCUT2D eigenvalue weighted by Crippen LogP contribution is 2.35. The van der Waals surface area contributed by atoms with Crippen molar-refractivity contribution >= 4 is 23.6 Å². The number of likely N-dealkylation sites (N-methyl/N-ethyl adjacent to an activating group) is 1. The van der Waals surface area contributed by atoms with Crippen LogP contribution in [0.3, 0.4) is 0 Å². The van der Waals surface area contributed by atoms with E-state index >= 15 is 0 Å². The fourth-order valence-corrected chi connectivity index (χ4v) is 3.27. The molecule has 0 aliphatic heterocycles. The van der Waals surface area contributed by atoms with E-state index in [-0.39, 0.29) is 11.8 Å². The SMILES string of the molecule is CCNC(=O)[C@H](C)NC(=O)[C@@H](Sc1ccccc1)c1ccccc1. The van der Waals surface area contributed by atoms with Gasteiger partial charge in [0.05, 0.1) is 0 Å². The lowest BCUT2D eigenvalue weighted by Gasteiger charge is -2.20. The Kier molecular flexibility index (Phi) is 6.88. The molecule has 0 unspecified atom stereocenters. The maximum atomic E-state index is 12.8. The van der Waals surface area contributed by atoms with Crippen LogP contribution in [0.1, 0.15) is 24.7 Å². The Morgan fingerprint density at radius 1 is 0.958 bits per heavy atom. The lowest BCUT2D eigenvalue weighted by Crippen LogP contribution is -2.45. The Morgan fingerprint density at radius 2 is 1.54 bits per heavy atom. The van der Waals surface area contributed by atoms with Gasteiger partial charge in [-0.25, -0.2) is 0 Å². The molecule has 126 valence electrons. The molecule has 4 nitrogen and oxygen atoms in total. The molecule has 0 aliphatic rings. The highest BCUT2D eigenvalue weighted by Gasteiger charge is 2.25. The monoisotopic (exact) mass is 342 g/mol. The van der Waals surface area contributed by atoms with E-state index in [4.69, 9.17) is 0 Å². The van der Waals surface area contributed by atoms with Crippen LogP contribution in [0.25, 0.3) is 0 Å². The lowest BCUT2D eigenvalue weighted by atomic mass is 10.1. The van der Waals surface area contributed by atoms with E-state index in [1.807, 2.05) is 67.6 Å². The van der Waals surface area contributed by atoms with Gasteiger partial charge in [0, 0.05) is 11.4 Å². The minimum atomic E-state index is -0.569. The van der Waals surface area contributed by atoms with E-state index < -0.39 is 11.3 Å². The van der Waals surface area contributed by atoms with Crippen LogP contribution < -0.4 is 10.6 Å². The largest absolute Gasteiger partial charge is 0.355 e. The molecule has 0 heterocycles. The van der Waals surface area contributed by atoms with Gasteiger partial charge in [0.1, 0.15) is 11.3 Å². The first-order chi connectivity index (χ1) is 11.6. The molecule has 2 aromatic carbocycles. The highest BCUT2D eigenvalue weighted by molar-refractivity contribution is 8.00. The second-order valence-electron chi connectivity index (χ2n) is 5.35. The van der Waals surface area contributed by atoms with E-state index in [1.165, 1.54) is 11.8 Å². The molecule has 24 heavy (non-hydrogen) atoms. The van der Waals surface area contributed by atoms with Gasteiger partial charge in [0.2, 0.25) is 11.8 Å². The van der Waals surface area contributed by atoms with Gasteiger partial charge in [0.25, 0.3) is 0 Å². The van der Waals surface area contributed by atoms with Gasteiger partial charge < -0.3 is 10.6 Å². The van der Waals surface area contributed by atoms with Gasteiger partial charge >= 0.3 is 0 Å². The maximum absolute atomic E-state index is 12.8. The number of hydrogen-bond acceptors (Lipinski definition) is 3. The fraction of sp³-hybridized carbons (Fsp3) is 0.263. The van der Waals surface area contributed by atoms with Crippen LogP contribution in [0.2, 0.25) is 0 Å². The second kappa shape index (κ2) is 9.13. The Morgan fingerprint density at radius 3 is 2.12 bits per heavy atom. The van der Waals surface area contributed by atoms with Crippen LogP contribution in [-0.2, 0) is 9.59 Å². The summed E-state index contributed by atoms with van der Waals surface area (Å²) in [5, 5.41) is 5.12. The van der Waals surface area contributed by atoms with Crippen LogP contribution in [-0.4, -0.2) is 24.4 Å². The van der Waals surface area contributed by atoms with Crippen molar-refractivity contribution in [2.24, 2.45) is 0 Å². The van der Waals surface area contributed by atoms with Gasteiger partial charge in [-0.05, 0) is 31.5 Å². The third kappa shape index (κ3) is 5.13. The number of carbonyl (C=O) groups is 2. The summed E-state index contributed by atoms with van der Waals surface area (Å²) >= 11 is 1.47. The third-order valence-electron chi connectivity index (χ3n) is 3.44. The number of nitrogens with one attached hydrogen (secondary N) is 2. The predicted molar refractivity (Wildman–Crippen MR) is 97.8 cm³/mol. The predicted octanol–water partition coefficient (Wildman–Crippen LogP) is 3.16. The van der Waals surface area contributed by atoms with Crippen molar-refractivity contribution in [3.63, 3.8) is 0 Å². The van der Waals surface area contributed by atoms with E-state index in [0.29, 0.717) is 6.54 Å². The summed E-state index contributed by atoms with van der Waals surface area (Å²) in [6.07, 6.45) is 0. The molecule has 0 aromatic heterocycles. The van der Waals surface area contributed by atoms with Crippen molar-refractivity contribution in [3.05, 3.63) is 66.2 Å². The molecule has 0 spiro atoms. The topological polar surface area (TPSA) is 58.2 Å². The Bertz CT molecular complexity index is 662. The number of thioether (sulfide) groups is 1. The summed E-state index contributed by atoms with van der Waals surface area (Å²) in [4.78, 5) is 25.6. The second-order valence-corrected chi connectivity index (χ2v) is 6.52. The normalized spacial score (nSPS) is 12.9. The van der Waals surface area contributed by atoms with Gasteiger partial charge in [-0.15, -0.1) is 11.8 Å². The molecule has 2 aromatic rings. The molecule has 0 aliphatic carbocycles. The molecular formula is C19H22N2O2S. The molecule has 2 rings (SSSR count). The zero-order valence-electron chi connectivity index (χ0n) is 13.9. The summed E-state index contributed by atoms with van der Waals surface area (Å²) in [5.41, 5.74) is 0.909. The van der Waals surface area contributed by atoms with E-state index in [2.05, 4.69) is 10.6 Å². The van der Waals surface area contributed by atoms with Crippen LogP contribution in [0.15, 0.2) is 65.6 Å². The molecule has 2 atom stereocenters. The van der Waals surface area contributed by atoms with Gasteiger partial charge in [-0.2, -0.15) is 0 Å². The maximum Gasteiger partial charge on any atom is 0.242 e. The highest BCUT2D eigenvalue weighted by atomic mass is 32.2. The van der Waals surface area contributed by atoms with Crippen molar-refractivity contribution in [2.45, 2.75) is 30.0 Å². The quantitative estimate of drug-likeness (QED) is 0.760. The summed E-state index contributed by atoms with van der Waals surface area (Å²) in [6.45, 7) is 4.09. The molecule has 2 N–H and O–H groups in total. The fourth-order valence-electron chi connectivity index (χ4n) is 2.22. The molecule has 0 fully saturated rings. The van der Waals surface area contributed by atoms with Crippen molar-refractivity contribution in [1.29, 1.82) is 0 Å². The average Bonchev–Trinajstić information content (AvgIpc) is 2.61. The number of rotatable bonds is 7. The van der Waals surface area contributed by atoms with Crippen LogP contribution in [0, 0.1) is 0 Å². The molecule has 0 saturated carbocycles. The van der Waals surface area contributed by atoms with Gasteiger partial charge in [-0.3, -0.25) is 9.59 Å². The molecule has 5 heteroatoms. The van der Waals surface area contributed by atoms with E-state index in [9.17, 15) is 9.59 Å². The number of benzene rings is 2. The number of hydrogen-bond donors (Lipinski definition) is 2. The Balaban J connectivity index is 2.16. The Hall–Kier alpha value is -2.27. The first-order valence-electron chi connectivity index (χ1n) is 7.96. The molecular weight excluding hydrogens is 320 g/mol. The zero-order chi connectivity index (χ0) is 17.4. The van der Waals surface area contributed by atoms with Crippen molar-refractivity contribution in [2.75, 3.05) is 6.54 Å². The summed E-state index contributed by atoms with van der Waals surface area (Å²) in [7, 11) is 0. The summed E-state index contributed by atoms with van der Waals surface area (Å²) < 4.78 is 0. The summed E-state index contributed by atoms with van der Waals surface area (Å²) in [6, 6.07) is 18.8. The Labute approximate surface area is 147 Å². The minimum absolute atomic E-state index is 0.172. The van der Waals surface area contributed by atoms with Crippen molar-refractivity contribution < 1.29 is 9.59 Å². The smallest absolute Gasteiger partial charge is 0.242 e. The van der Waals surface area contributed by atoms with Gasteiger partial charge in [0.15, 0.2) is 0 Å². The van der Waals surface area contributed by atoms with Gasteiger partial charge in [-0.1, -0.05) is 48.5 Å². The number of carbonyl (C=O) groups excluding carboxylic acids is 2. The van der Waals surface area contributed by atoms with E-state index in [0.717, 1.165) is 10.5 Å². The minimum Gasteiger partial charge on any atom is -0.355 e. The standard InChI is InChI=1S/C19H22N2O2S/c1-3-20-18(22)14(2)21-19(23)17(15-10-6-4-7-11-15)24-16-12-8-5-9-13-16/h4-14,17H,3H2,1-2H3,(H,20,22)(H,21,23)/t14-,17-/m0/s1. The zero-order valence-corrected chi connectivity index (χ0v) is 14.7. The number of amides is 2. The first-order valence-corrected chi connectivity index (χ1v) is 8.84. The van der Waals surface area contributed by atoms with Crippen LogP contribution >= 0.6 is 11.8 Å². The van der Waals surface area contributed by atoms with Crippen LogP contribution in [0.5, 0.6) is 0 Å². The molecule has 0 saturated heterocycles. The van der Waals surface area contributed by atoms with E-state index in [1.54, 1.807) is 6.92 Å².